The molecule has 1 amide bonds. The Kier molecular flexibility index (Phi) is 4.51. The second-order valence-electron chi connectivity index (χ2n) is 3.40. The van der Waals surface area contributed by atoms with Gasteiger partial charge in [-0.25, -0.2) is 13.1 Å². The molecule has 0 radical (unpaired) electrons. The number of likely N-dealkylation sites (N-methyl/N-ethyl adjacent to an activating group) is 1. The summed E-state index contributed by atoms with van der Waals surface area (Å²) >= 11 is 0. The quantitative estimate of drug-likeness (QED) is 0.614. The van der Waals surface area contributed by atoms with E-state index >= 15 is 0 Å². The molecule has 0 atom stereocenters. The SMILES string of the molecule is CNC(=O)CNS(=O)(=O)c1ccc(OC)c(N)c1. The third kappa shape index (κ3) is 3.34. The largest absolute Gasteiger partial charge is 0.495 e. The van der Waals surface area contributed by atoms with Gasteiger partial charge < -0.3 is 15.8 Å². The standard InChI is InChI=1S/C10H15N3O4S/c1-12-10(14)6-13-18(15,16)7-3-4-9(17-2)8(11)5-7/h3-5,13H,6,11H2,1-2H3,(H,12,14). The van der Waals surface area contributed by atoms with Crippen molar-refractivity contribution >= 4 is 21.6 Å². The van der Waals surface area contributed by atoms with Crippen molar-refractivity contribution in [2.45, 2.75) is 4.90 Å². The molecule has 1 rings (SSSR count). The van der Waals surface area contributed by atoms with Crippen LogP contribution in [-0.4, -0.2) is 35.0 Å². The lowest BCUT2D eigenvalue weighted by molar-refractivity contribution is -0.119. The van der Waals surface area contributed by atoms with Crippen LogP contribution in [0.5, 0.6) is 5.75 Å². The Morgan fingerprint density at radius 2 is 2.11 bits per heavy atom. The predicted molar refractivity (Wildman–Crippen MR) is 66.7 cm³/mol. The van der Waals surface area contributed by atoms with Crippen LogP contribution in [0.4, 0.5) is 5.69 Å². The average Bonchev–Trinajstić information content (AvgIpc) is 2.35. The van der Waals surface area contributed by atoms with Crippen LogP contribution in [0.3, 0.4) is 0 Å². The topological polar surface area (TPSA) is 111 Å². The number of anilines is 1. The monoisotopic (exact) mass is 273 g/mol. The highest BCUT2D eigenvalue weighted by Gasteiger charge is 2.16. The van der Waals surface area contributed by atoms with Crippen molar-refractivity contribution in [2.24, 2.45) is 0 Å². The molecule has 1 aromatic rings. The lowest BCUT2D eigenvalue weighted by Gasteiger charge is -2.09. The van der Waals surface area contributed by atoms with Crippen molar-refractivity contribution in [1.82, 2.24) is 10.0 Å². The first-order valence-electron chi connectivity index (χ1n) is 5.04. The zero-order valence-corrected chi connectivity index (χ0v) is 10.9. The molecule has 0 saturated carbocycles. The smallest absolute Gasteiger partial charge is 0.241 e. The Morgan fingerprint density at radius 1 is 1.44 bits per heavy atom. The molecule has 0 unspecified atom stereocenters. The van der Waals surface area contributed by atoms with Crippen LogP contribution in [-0.2, 0) is 14.8 Å². The van der Waals surface area contributed by atoms with Gasteiger partial charge in [-0.05, 0) is 18.2 Å². The number of carbonyl (C=O) groups is 1. The molecule has 1 aromatic carbocycles. The van der Waals surface area contributed by atoms with Gasteiger partial charge in [-0.2, -0.15) is 0 Å². The summed E-state index contributed by atoms with van der Waals surface area (Å²) in [6, 6.07) is 4.07. The molecule has 0 aliphatic rings. The second kappa shape index (κ2) is 5.69. The van der Waals surface area contributed by atoms with Crippen LogP contribution in [0.15, 0.2) is 23.1 Å². The van der Waals surface area contributed by atoms with Gasteiger partial charge in [0.25, 0.3) is 0 Å². The molecule has 0 spiro atoms. The number of nitrogens with one attached hydrogen (secondary N) is 2. The van der Waals surface area contributed by atoms with E-state index in [9.17, 15) is 13.2 Å². The summed E-state index contributed by atoms with van der Waals surface area (Å²) in [5, 5.41) is 2.31. The maximum absolute atomic E-state index is 11.8. The lowest BCUT2D eigenvalue weighted by Crippen LogP contribution is -2.35. The minimum atomic E-state index is -3.76. The highest BCUT2D eigenvalue weighted by atomic mass is 32.2. The molecule has 0 bridgehead atoms. The first-order chi connectivity index (χ1) is 8.40. The third-order valence-electron chi connectivity index (χ3n) is 2.21. The van der Waals surface area contributed by atoms with Crippen LogP contribution in [0.2, 0.25) is 0 Å². The number of hydrogen-bond acceptors (Lipinski definition) is 5. The number of nitrogens with two attached hydrogens (primary N) is 1. The van der Waals surface area contributed by atoms with E-state index < -0.39 is 15.9 Å². The van der Waals surface area contributed by atoms with Crippen molar-refractivity contribution in [2.75, 3.05) is 26.4 Å². The number of benzene rings is 1. The van der Waals surface area contributed by atoms with Crippen LogP contribution in [0.25, 0.3) is 0 Å². The molecule has 0 heterocycles. The molecule has 100 valence electrons. The van der Waals surface area contributed by atoms with E-state index in [1.165, 1.54) is 32.4 Å². The highest BCUT2D eigenvalue weighted by Crippen LogP contribution is 2.24. The van der Waals surface area contributed by atoms with Gasteiger partial charge in [0.2, 0.25) is 15.9 Å². The van der Waals surface area contributed by atoms with Crippen LogP contribution >= 0.6 is 0 Å². The zero-order chi connectivity index (χ0) is 13.8. The van der Waals surface area contributed by atoms with Gasteiger partial charge in [0.15, 0.2) is 0 Å². The fourth-order valence-electron chi connectivity index (χ4n) is 1.21. The number of methoxy groups -OCH3 is 1. The number of hydrogen-bond donors (Lipinski definition) is 3. The van der Waals surface area contributed by atoms with Gasteiger partial charge in [-0.1, -0.05) is 0 Å². The summed E-state index contributed by atoms with van der Waals surface area (Å²) in [4.78, 5) is 11.0. The Balaban J connectivity index is 2.92. The average molecular weight is 273 g/mol. The molecule has 8 heteroatoms. The van der Waals surface area contributed by atoms with Crippen LogP contribution < -0.4 is 20.5 Å². The van der Waals surface area contributed by atoms with Gasteiger partial charge in [-0.15, -0.1) is 0 Å². The van der Waals surface area contributed by atoms with E-state index in [1.807, 2.05) is 0 Å². The van der Waals surface area contributed by atoms with Gasteiger partial charge in [0.05, 0.1) is 24.2 Å². The van der Waals surface area contributed by atoms with Gasteiger partial charge in [0.1, 0.15) is 5.75 Å². The summed E-state index contributed by atoms with van der Waals surface area (Å²) in [5.74, 6) is -0.0414. The molecule has 0 saturated heterocycles. The second-order valence-corrected chi connectivity index (χ2v) is 5.17. The Hall–Kier alpha value is -1.80. The van der Waals surface area contributed by atoms with Crippen molar-refractivity contribution < 1.29 is 17.9 Å². The number of rotatable bonds is 5. The molecule has 4 N–H and O–H groups in total. The summed E-state index contributed by atoms with van der Waals surface area (Å²) in [6.07, 6.45) is 0. The molecular formula is C10H15N3O4S. The molecule has 18 heavy (non-hydrogen) atoms. The minimum absolute atomic E-state index is 0.0234. The number of ether oxygens (including phenoxy) is 1. The highest BCUT2D eigenvalue weighted by molar-refractivity contribution is 7.89. The molecule has 7 nitrogen and oxygen atoms in total. The molecule has 0 fully saturated rings. The molecule has 0 aliphatic heterocycles. The minimum Gasteiger partial charge on any atom is -0.495 e. The first kappa shape index (κ1) is 14.3. The lowest BCUT2D eigenvalue weighted by atomic mass is 10.3. The third-order valence-corrected chi connectivity index (χ3v) is 3.61. The fraction of sp³-hybridized carbons (Fsp3) is 0.300. The van der Waals surface area contributed by atoms with Crippen molar-refractivity contribution in [3.05, 3.63) is 18.2 Å². The summed E-state index contributed by atoms with van der Waals surface area (Å²) < 4.78 is 30.7. The van der Waals surface area contributed by atoms with Crippen molar-refractivity contribution in [1.29, 1.82) is 0 Å². The molecular weight excluding hydrogens is 258 g/mol. The van der Waals surface area contributed by atoms with E-state index in [4.69, 9.17) is 10.5 Å². The van der Waals surface area contributed by atoms with E-state index in [1.54, 1.807) is 0 Å². The van der Waals surface area contributed by atoms with Crippen LogP contribution in [0.1, 0.15) is 0 Å². The number of sulfonamides is 1. The van der Waals surface area contributed by atoms with Gasteiger partial charge >= 0.3 is 0 Å². The normalized spacial score (nSPS) is 11.0. The first-order valence-corrected chi connectivity index (χ1v) is 6.53. The van der Waals surface area contributed by atoms with E-state index in [-0.39, 0.29) is 17.1 Å². The fourth-order valence-corrected chi connectivity index (χ4v) is 2.23. The molecule has 0 aliphatic carbocycles. The van der Waals surface area contributed by atoms with E-state index in [2.05, 4.69) is 10.0 Å². The molecule has 0 aromatic heterocycles. The van der Waals surface area contributed by atoms with Crippen molar-refractivity contribution in [3.63, 3.8) is 0 Å². The van der Waals surface area contributed by atoms with Crippen molar-refractivity contribution in [3.8, 4) is 5.75 Å². The zero-order valence-electron chi connectivity index (χ0n) is 10.1. The summed E-state index contributed by atoms with van der Waals surface area (Å²) in [7, 11) is -0.906. The number of carbonyl (C=O) groups excluding carboxylic acids is 1. The maximum Gasteiger partial charge on any atom is 0.241 e. The number of amides is 1. The van der Waals surface area contributed by atoms with E-state index in [0.717, 1.165) is 0 Å². The Labute approximate surface area is 105 Å². The number of nitrogen functional groups attached to an aromatic ring is 1. The Morgan fingerprint density at radius 3 is 2.61 bits per heavy atom. The Bertz CT molecular complexity index is 542. The van der Waals surface area contributed by atoms with E-state index in [0.29, 0.717) is 5.75 Å². The van der Waals surface area contributed by atoms with Gasteiger partial charge in [0, 0.05) is 7.05 Å². The maximum atomic E-state index is 11.8. The summed E-state index contributed by atoms with van der Waals surface area (Å²) in [6.45, 7) is -0.329. The summed E-state index contributed by atoms with van der Waals surface area (Å²) in [5.41, 5.74) is 5.82. The van der Waals surface area contributed by atoms with Crippen LogP contribution in [0, 0.1) is 0 Å². The van der Waals surface area contributed by atoms with Gasteiger partial charge in [-0.3, -0.25) is 4.79 Å². The predicted octanol–water partition coefficient (Wildman–Crippen LogP) is -0.698.